The molecular formula is C14H18ClN3O2S. The van der Waals surface area contributed by atoms with Gasteiger partial charge >= 0.3 is 0 Å². The lowest BCUT2D eigenvalue weighted by Crippen LogP contribution is -2.15. The molecule has 1 heterocycles. The number of nitrogens with one attached hydrogen (secondary N) is 1. The van der Waals surface area contributed by atoms with Crippen molar-refractivity contribution in [1.29, 1.82) is 0 Å². The van der Waals surface area contributed by atoms with Crippen molar-refractivity contribution < 1.29 is 8.42 Å². The van der Waals surface area contributed by atoms with Gasteiger partial charge in [0.25, 0.3) is 10.0 Å². The molecule has 2 aromatic rings. The fourth-order valence-corrected chi connectivity index (χ4v) is 3.98. The maximum atomic E-state index is 12.6. The minimum atomic E-state index is -3.70. The molecule has 0 spiro atoms. The Morgan fingerprint density at radius 2 is 1.95 bits per heavy atom. The molecule has 0 saturated carbocycles. The van der Waals surface area contributed by atoms with Crippen LogP contribution in [-0.4, -0.2) is 18.2 Å². The summed E-state index contributed by atoms with van der Waals surface area (Å²) >= 11 is 5.93. The van der Waals surface area contributed by atoms with E-state index in [1.807, 2.05) is 13.8 Å². The summed E-state index contributed by atoms with van der Waals surface area (Å²) in [5.41, 5.74) is 2.40. The van der Waals surface area contributed by atoms with E-state index in [1.54, 1.807) is 36.7 Å². The summed E-state index contributed by atoms with van der Waals surface area (Å²) < 4.78 is 29.5. The number of nitrogens with zero attached hydrogens (tertiary/aromatic N) is 2. The van der Waals surface area contributed by atoms with E-state index in [4.69, 9.17) is 11.6 Å². The van der Waals surface area contributed by atoms with Crippen LogP contribution in [0.1, 0.15) is 23.9 Å². The van der Waals surface area contributed by atoms with Crippen LogP contribution >= 0.6 is 11.6 Å². The molecule has 21 heavy (non-hydrogen) atoms. The normalized spacial score (nSPS) is 11.7. The van der Waals surface area contributed by atoms with Gasteiger partial charge in [0.15, 0.2) is 0 Å². The molecule has 0 unspecified atom stereocenters. The number of halogens is 1. The number of benzene rings is 1. The Hall–Kier alpha value is -1.53. The molecule has 0 saturated heterocycles. The first-order valence-corrected chi connectivity index (χ1v) is 8.45. The average molecular weight is 328 g/mol. The highest BCUT2D eigenvalue weighted by atomic mass is 35.5. The maximum Gasteiger partial charge on any atom is 0.265 e. The molecule has 5 nitrogen and oxygen atoms in total. The molecule has 1 aromatic heterocycles. The number of anilines is 1. The Kier molecular flexibility index (Phi) is 4.30. The van der Waals surface area contributed by atoms with E-state index < -0.39 is 10.0 Å². The second kappa shape index (κ2) is 5.69. The highest BCUT2D eigenvalue weighted by molar-refractivity contribution is 7.92. The Morgan fingerprint density at radius 1 is 1.29 bits per heavy atom. The largest absolute Gasteiger partial charge is 0.279 e. The molecule has 0 atom stereocenters. The summed E-state index contributed by atoms with van der Waals surface area (Å²) in [5, 5.41) is 4.73. The van der Waals surface area contributed by atoms with E-state index in [2.05, 4.69) is 9.82 Å². The Balaban J connectivity index is 2.48. The lowest BCUT2D eigenvalue weighted by atomic mass is 10.2. The fraction of sp³-hybridized carbons (Fsp3) is 0.357. The van der Waals surface area contributed by atoms with Crippen LogP contribution in [0.25, 0.3) is 0 Å². The topological polar surface area (TPSA) is 64.0 Å². The quantitative estimate of drug-likeness (QED) is 0.937. The Labute approximate surface area is 130 Å². The molecular weight excluding hydrogens is 310 g/mol. The third-order valence-electron chi connectivity index (χ3n) is 3.33. The van der Waals surface area contributed by atoms with Gasteiger partial charge in [-0.25, -0.2) is 8.42 Å². The Morgan fingerprint density at radius 3 is 2.52 bits per heavy atom. The zero-order valence-corrected chi connectivity index (χ0v) is 14.0. The summed E-state index contributed by atoms with van der Waals surface area (Å²) in [6.07, 6.45) is 0. The molecule has 0 bridgehead atoms. The van der Waals surface area contributed by atoms with Crippen molar-refractivity contribution in [2.45, 2.75) is 39.1 Å². The highest BCUT2D eigenvalue weighted by Gasteiger charge is 2.24. The van der Waals surface area contributed by atoms with Gasteiger partial charge in [0.2, 0.25) is 0 Å². The molecule has 0 fully saturated rings. The first-order valence-electron chi connectivity index (χ1n) is 6.59. The summed E-state index contributed by atoms with van der Waals surface area (Å²) in [5.74, 6) is 0. The van der Waals surface area contributed by atoms with Crippen LogP contribution in [0.2, 0.25) is 5.02 Å². The van der Waals surface area contributed by atoms with Crippen molar-refractivity contribution in [3.8, 4) is 0 Å². The van der Waals surface area contributed by atoms with Crippen molar-refractivity contribution in [3.63, 3.8) is 0 Å². The predicted molar refractivity (Wildman–Crippen MR) is 84.4 cm³/mol. The van der Waals surface area contributed by atoms with E-state index >= 15 is 0 Å². The van der Waals surface area contributed by atoms with Gasteiger partial charge in [-0.15, -0.1) is 0 Å². The van der Waals surface area contributed by atoms with Crippen molar-refractivity contribution in [1.82, 2.24) is 9.78 Å². The number of aryl methyl sites for hydroxylation is 3. The molecule has 1 aromatic carbocycles. The molecule has 2 rings (SSSR count). The fourth-order valence-electron chi connectivity index (χ4n) is 2.28. The second-order valence-corrected chi connectivity index (χ2v) is 6.94. The molecule has 0 radical (unpaired) electrons. The Bertz CT molecular complexity index is 782. The zero-order chi connectivity index (χ0) is 15.8. The average Bonchev–Trinajstić information content (AvgIpc) is 2.68. The van der Waals surface area contributed by atoms with E-state index in [1.165, 1.54) is 0 Å². The van der Waals surface area contributed by atoms with Gasteiger partial charge in [-0.3, -0.25) is 9.40 Å². The lowest BCUT2D eigenvalue weighted by molar-refractivity contribution is 0.598. The number of rotatable bonds is 4. The molecule has 114 valence electrons. The van der Waals surface area contributed by atoms with Crippen molar-refractivity contribution >= 4 is 27.3 Å². The van der Waals surface area contributed by atoms with Crippen LogP contribution in [0, 0.1) is 20.8 Å². The molecule has 0 aliphatic rings. The van der Waals surface area contributed by atoms with E-state index in [0.717, 1.165) is 5.56 Å². The van der Waals surface area contributed by atoms with Crippen molar-refractivity contribution in [3.05, 3.63) is 40.2 Å². The third-order valence-corrected chi connectivity index (χ3v) is 5.18. The first-order chi connectivity index (χ1) is 9.76. The zero-order valence-electron chi connectivity index (χ0n) is 12.4. The molecule has 0 aliphatic carbocycles. The minimum absolute atomic E-state index is 0.226. The summed E-state index contributed by atoms with van der Waals surface area (Å²) in [4.78, 5) is 0.226. The third kappa shape index (κ3) is 3.06. The molecule has 0 amide bonds. The second-order valence-electron chi connectivity index (χ2n) is 4.88. The number of hydrogen-bond donors (Lipinski definition) is 1. The van der Waals surface area contributed by atoms with E-state index in [0.29, 0.717) is 28.6 Å². The summed E-state index contributed by atoms with van der Waals surface area (Å²) in [7, 11) is -3.70. The summed E-state index contributed by atoms with van der Waals surface area (Å²) in [6, 6.07) is 5.10. The van der Waals surface area contributed by atoms with Crippen LogP contribution < -0.4 is 4.72 Å². The van der Waals surface area contributed by atoms with Gasteiger partial charge in [-0.2, -0.15) is 5.10 Å². The van der Waals surface area contributed by atoms with Gasteiger partial charge in [0, 0.05) is 11.6 Å². The first kappa shape index (κ1) is 15.9. The number of sulfonamides is 1. The molecule has 7 heteroatoms. The van der Waals surface area contributed by atoms with Crippen LogP contribution in [0.4, 0.5) is 5.69 Å². The van der Waals surface area contributed by atoms with Crippen LogP contribution in [-0.2, 0) is 16.6 Å². The van der Waals surface area contributed by atoms with Gasteiger partial charge in [-0.05, 0) is 45.4 Å². The van der Waals surface area contributed by atoms with Crippen LogP contribution in [0.15, 0.2) is 23.1 Å². The SMILES string of the molecule is CCn1nc(C)c(S(=O)(=O)Nc2cc(Cl)ccc2C)c1C. The van der Waals surface area contributed by atoms with Gasteiger partial charge in [0.05, 0.1) is 17.1 Å². The molecule has 1 N–H and O–H groups in total. The van der Waals surface area contributed by atoms with E-state index in [9.17, 15) is 8.42 Å². The minimum Gasteiger partial charge on any atom is -0.279 e. The van der Waals surface area contributed by atoms with Gasteiger partial charge < -0.3 is 0 Å². The van der Waals surface area contributed by atoms with Crippen LogP contribution in [0.5, 0.6) is 0 Å². The lowest BCUT2D eigenvalue weighted by Gasteiger charge is -2.11. The van der Waals surface area contributed by atoms with Gasteiger partial charge in [0.1, 0.15) is 4.90 Å². The van der Waals surface area contributed by atoms with E-state index in [-0.39, 0.29) is 4.90 Å². The van der Waals surface area contributed by atoms with Crippen molar-refractivity contribution in [2.75, 3.05) is 4.72 Å². The smallest absolute Gasteiger partial charge is 0.265 e. The predicted octanol–water partition coefficient (Wildman–Crippen LogP) is 3.28. The molecule has 0 aliphatic heterocycles. The summed E-state index contributed by atoms with van der Waals surface area (Å²) in [6.45, 7) is 7.81. The van der Waals surface area contributed by atoms with Crippen LogP contribution in [0.3, 0.4) is 0 Å². The number of hydrogen-bond acceptors (Lipinski definition) is 3. The number of aromatic nitrogens is 2. The van der Waals surface area contributed by atoms with Gasteiger partial charge in [-0.1, -0.05) is 17.7 Å². The monoisotopic (exact) mass is 327 g/mol. The van der Waals surface area contributed by atoms with Crippen molar-refractivity contribution in [2.24, 2.45) is 0 Å². The standard InChI is InChI=1S/C14H18ClN3O2S/c1-5-18-11(4)14(10(3)16-18)21(19,20)17-13-8-12(15)7-6-9(13)2/h6-8,17H,5H2,1-4H3. The maximum absolute atomic E-state index is 12.6. The highest BCUT2D eigenvalue weighted by Crippen LogP contribution is 2.26.